The van der Waals surface area contributed by atoms with E-state index in [4.69, 9.17) is 4.42 Å². The average molecular weight is 1190 g/mol. The van der Waals surface area contributed by atoms with Gasteiger partial charge >= 0.3 is 379 Å². The Kier molecular flexibility index (Phi) is 8.09. The zero-order chi connectivity index (χ0) is 38.0. The Balaban J connectivity index is 1.05. The Labute approximate surface area is 374 Å². The Morgan fingerprint density at radius 1 is 0.483 bits per heavy atom. The molecule has 3 aliphatic heterocycles. The first-order chi connectivity index (χ1) is 28.8. The minimum atomic E-state index is -2.09. The number of allylic oxidation sites excluding steroid dienone is 1. The van der Waals surface area contributed by atoms with Crippen LogP contribution in [0, 0.1) is 14.3 Å². The molecule has 1 nitrogen and oxygen atoms in total. The molecule has 1 aromatic heterocycles. The molecule has 1 aliphatic carbocycles. The van der Waals surface area contributed by atoms with Crippen LogP contribution in [0.3, 0.4) is 0 Å². The van der Waals surface area contributed by atoms with Gasteiger partial charge in [0.15, 0.2) is 0 Å². The van der Waals surface area contributed by atoms with E-state index in [1.54, 1.807) is 17.8 Å². The van der Waals surface area contributed by atoms with Crippen LogP contribution in [0.1, 0.15) is 27.8 Å². The topological polar surface area (TPSA) is 13.1 Å². The molecule has 0 atom stereocenters. The van der Waals surface area contributed by atoms with Crippen LogP contribution in [-0.2, 0) is 5.41 Å². The minimum absolute atomic E-state index is 0.205. The van der Waals surface area contributed by atoms with E-state index in [1.807, 2.05) is -0.478 Å². The van der Waals surface area contributed by atoms with Gasteiger partial charge in [0.2, 0.25) is 0 Å². The first-order valence-electron chi connectivity index (χ1n) is 19.4. The van der Waals surface area contributed by atoms with Crippen molar-refractivity contribution >= 4 is 86.3 Å². The SMILES string of the molecule is C1=CC(c2cccc3c2[I-]c2ccccc2-3)=IC(I2c3cc(C4(c5ccccc5)c5ccccc5-c5ccccc54)ccc3-c3cc4c(cc32)oc2ccccc24)=I1. The molecule has 9 aromatic rings. The summed E-state index contributed by atoms with van der Waals surface area (Å²) in [6, 6.07) is 67.1. The number of halogens is 4. The zero-order valence-corrected chi connectivity index (χ0v) is 39.4. The number of benzene rings is 8. The van der Waals surface area contributed by atoms with Gasteiger partial charge in [-0.1, -0.05) is 0 Å². The molecule has 0 saturated heterocycles. The zero-order valence-electron chi connectivity index (χ0n) is 30.8. The maximum atomic E-state index is 6.66. The Hall–Kier alpha value is -4.04. The number of fused-ring (bicyclic) bond motifs is 12. The molecule has 0 amide bonds. The summed E-state index contributed by atoms with van der Waals surface area (Å²) in [5, 5.41) is 2.44. The summed E-state index contributed by atoms with van der Waals surface area (Å²) in [6.45, 7) is 0. The van der Waals surface area contributed by atoms with Crippen LogP contribution in [0.25, 0.3) is 55.3 Å². The van der Waals surface area contributed by atoms with Gasteiger partial charge in [-0.2, -0.15) is 0 Å². The summed E-state index contributed by atoms with van der Waals surface area (Å²) >= 11 is -2.83. The summed E-state index contributed by atoms with van der Waals surface area (Å²) in [7, 11) is 0. The molecule has 4 heterocycles. The van der Waals surface area contributed by atoms with Crippen molar-refractivity contribution < 1.29 is 25.6 Å². The molecule has 0 saturated carbocycles. The van der Waals surface area contributed by atoms with E-state index in [2.05, 4.69) is 186 Å². The molecule has 5 heteroatoms. The van der Waals surface area contributed by atoms with E-state index < -0.39 is 25.2 Å². The second-order valence-corrected chi connectivity index (χ2v) is 34.1. The van der Waals surface area contributed by atoms with Crippen molar-refractivity contribution in [3.63, 3.8) is 0 Å². The normalized spacial score (nSPS) is 16.1. The first kappa shape index (κ1) is 34.8. The van der Waals surface area contributed by atoms with E-state index >= 15 is 0 Å². The standard InChI is InChI=1S/C53H31I4O/c1-2-13-32(14-3-1)53(43-21-8-4-15-34(43)35-16-5-9-22-44(35)53)33-25-26-37-41-30-42-38-18-7-11-24-49(38)58-50(42)31-48(41)57(47(37)29-33)52-54-28-27-46(56-52)40-20-12-19-39-36-17-6-10-23-45(36)55-51(39)40/h1-31H/q-1. The van der Waals surface area contributed by atoms with Crippen molar-refractivity contribution in [2.24, 2.45) is 0 Å². The van der Waals surface area contributed by atoms with Gasteiger partial charge in [-0.05, 0) is 0 Å². The summed E-state index contributed by atoms with van der Waals surface area (Å²) in [5.74, 6) is 0. The van der Waals surface area contributed by atoms with E-state index in [0.717, 1.165) is 11.2 Å². The van der Waals surface area contributed by atoms with Crippen molar-refractivity contribution in [2.45, 2.75) is 5.41 Å². The van der Waals surface area contributed by atoms with Gasteiger partial charge < -0.3 is 0 Å². The predicted molar refractivity (Wildman–Crippen MR) is 263 cm³/mol. The number of hydrogen-bond acceptors (Lipinski definition) is 1. The van der Waals surface area contributed by atoms with Crippen LogP contribution in [0.5, 0.6) is 0 Å². The molecule has 13 rings (SSSR count). The third-order valence-electron chi connectivity index (χ3n) is 12.0. The van der Waals surface area contributed by atoms with Crippen molar-refractivity contribution in [3.05, 3.63) is 228 Å². The van der Waals surface area contributed by atoms with Gasteiger partial charge in [0.25, 0.3) is 0 Å². The van der Waals surface area contributed by atoms with E-state index in [0.29, 0.717) is 0 Å². The Morgan fingerprint density at radius 2 is 1.17 bits per heavy atom. The number of rotatable bonds is 4. The molecule has 4 aliphatic rings. The molecule has 278 valence electrons. The molecule has 0 bridgehead atoms. The fraction of sp³-hybridized carbons (Fsp3) is 0.0189. The third-order valence-corrected chi connectivity index (χ3v) is 34.6. The van der Waals surface area contributed by atoms with E-state index in [-0.39, 0.29) is 62.7 Å². The molecule has 8 aromatic carbocycles. The maximum absolute atomic E-state index is 6.66. The van der Waals surface area contributed by atoms with Gasteiger partial charge in [0.05, 0.1) is 0 Å². The Bertz CT molecular complexity index is 3290. The van der Waals surface area contributed by atoms with E-state index in [9.17, 15) is 0 Å². The summed E-state index contributed by atoms with van der Waals surface area (Å²) in [4.78, 5) is 0. The number of para-hydroxylation sites is 1. The number of furan rings is 1. The van der Waals surface area contributed by atoms with Gasteiger partial charge in [-0.15, -0.1) is 0 Å². The fourth-order valence-electron chi connectivity index (χ4n) is 9.58. The molecular weight excluding hydrogens is 1160 g/mol. The van der Waals surface area contributed by atoms with Crippen molar-refractivity contribution in [2.75, 3.05) is 0 Å². The molecule has 0 spiro atoms. The monoisotopic (exact) mass is 1190 g/mol. The van der Waals surface area contributed by atoms with Gasteiger partial charge in [0.1, 0.15) is 0 Å². The summed E-state index contributed by atoms with van der Waals surface area (Å²) < 4.78 is 19.2. The van der Waals surface area contributed by atoms with Gasteiger partial charge in [0, 0.05) is 0 Å². The fourth-order valence-corrected chi connectivity index (χ4v) is 36.2. The Morgan fingerprint density at radius 3 is 2.02 bits per heavy atom. The average Bonchev–Trinajstić information content (AvgIpc) is 4.02. The van der Waals surface area contributed by atoms with Crippen molar-refractivity contribution in [3.8, 4) is 33.4 Å². The number of hydrogen-bond donors (Lipinski definition) is 0. The van der Waals surface area contributed by atoms with E-state index in [1.165, 1.54) is 72.0 Å². The second-order valence-electron chi connectivity index (χ2n) is 14.9. The van der Waals surface area contributed by atoms with Crippen LogP contribution < -0.4 is 21.2 Å². The van der Waals surface area contributed by atoms with Gasteiger partial charge in [-0.3, -0.25) is 0 Å². The van der Waals surface area contributed by atoms with Crippen molar-refractivity contribution in [1.29, 1.82) is 0 Å². The van der Waals surface area contributed by atoms with Crippen molar-refractivity contribution in [1.82, 2.24) is 0 Å². The molecule has 0 unspecified atom stereocenters. The second kappa shape index (κ2) is 13.5. The van der Waals surface area contributed by atoms with Crippen LogP contribution in [0.15, 0.2) is 191 Å². The van der Waals surface area contributed by atoms with Gasteiger partial charge in [-0.25, -0.2) is 0 Å². The molecule has 0 radical (unpaired) electrons. The predicted octanol–water partition coefficient (Wildman–Crippen LogP) is 11.4. The van der Waals surface area contributed by atoms with Crippen LogP contribution >= 0.6 is 61.3 Å². The molecular formula is C53H31I4O-. The third kappa shape index (κ3) is 4.96. The molecule has 58 heavy (non-hydrogen) atoms. The van der Waals surface area contributed by atoms with Crippen LogP contribution in [0.4, 0.5) is 0 Å². The quantitative estimate of drug-likeness (QED) is 0.160. The molecule has 0 N–H and O–H groups in total. The van der Waals surface area contributed by atoms with Crippen LogP contribution in [-0.4, -0.2) is 3.03 Å². The van der Waals surface area contributed by atoms with Crippen LogP contribution in [0.2, 0.25) is 0 Å². The molecule has 0 fully saturated rings. The summed E-state index contributed by atoms with van der Waals surface area (Å²) in [6.07, 6.45) is 2.55. The first-order valence-corrected chi connectivity index (χ1v) is 29.2. The summed E-state index contributed by atoms with van der Waals surface area (Å²) in [5.41, 5.74) is 17.1.